The van der Waals surface area contributed by atoms with Gasteiger partial charge in [-0.15, -0.1) is 0 Å². The molecule has 110 valence electrons. The van der Waals surface area contributed by atoms with E-state index in [0.29, 0.717) is 0 Å². The number of rotatable bonds is 5. The minimum atomic E-state index is -0.0610. The molecule has 0 aliphatic heterocycles. The summed E-state index contributed by atoms with van der Waals surface area (Å²) in [5, 5.41) is 2.95. The molecule has 1 aromatic carbocycles. The number of amides is 1. The first kappa shape index (κ1) is 14.9. The van der Waals surface area contributed by atoms with Crippen LogP contribution in [0.15, 0.2) is 24.3 Å². The Bertz CT molecular complexity index is 462. The summed E-state index contributed by atoms with van der Waals surface area (Å²) in [5.74, 6) is 0.748. The number of hydrogen-bond donors (Lipinski definition) is 2. The van der Waals surface area contributed by atoms with Gasteiger partial charge < -0.3 is 15.8 Å². The highest BCUT2D eigenvalue weighted by Crippen LogP contribution is 2.26. The van der Waals surface area contributed by atoms with Crippen LogP contribution in [0.3, 0.4) is 0 Å². The van der Waals surface area contributed by atoms with E-state index in [1.807, 2.05) is 31.2 Å². The number of benzene rings is 1. The summed E-state index contributed by atoms with van der Waals surface area (Å²) in [7, 11) is 0. The van der Waals surface area contributed by atoms with Crippen molar-refractivity contribution in [1.29, 1.82) is 0 Å². The van der Waals surface area contributed by atoms with E-state index < -0.39 is 0 Å². The maximum absolute atomic E-state index is 12.2. The SMILES string of the molecule is CCC(C)Oc1cccc(NC(=O)C2CCCC2N)c1. The van der Waals surface area contributed by atoms with Crippen LogP contribution in [0.2, 0.25) is 0 Å². The predicted molar refractivity (Wildman–Crippen MR) is 80.8 cm³/mol. The second-order valence-electron chi connectivity index (χ2n) is 5.56. The van der Waals surface area contributed by atoms with E-state index in [9.17, 15) is 4.79 Å². The summed E-state index contributed by atoms with van der Waals surface area (Å²) < 4.78 is 5.76. The zero-order valence-electron chi connectivity index (χ0n) is 12.3. The van der Waals surface area contributed by atoms with Crippen molar-refractivity contribution >= 4 is 11.6 Å². The molecule has 4 nitrogen and oxygen atoms in total. The first-order valence-electron chi connectivity index (χ1n) is 7.43. The third-order valence-corrected chi connectivity index (χ3v) is 3.92. The smallest absolute Gasteiger partial charge is 0.229 e. The van der Waals surface area contributed by atoms with Crippen molar-refractivity contribution in [2.24, 2.45) is 11.7 Å². The molecule has 1 aliphatic rings. The molecule has 2 rings (SSSR count). The molecule has 1 saturated carbocycles. The Morgan fingerprint density at radius 2 is 2.30 bits per heavy atom. The monoisotopic (exact) mass is 276 g/mol. The second kappa shape index (κ2) is 6.75. The van der Waals surface area contributed by atoms with Crippen LogP contribution in [0.4, 0.5) is 5.69 Å². The van der Waals surface area contributed by atoms with E-state index in [0.717, 1.165) is 37.1 Å². The van der Waals surface area contributed by atoms with Crippen molar-refractivity contribution < 1.29 is 9.53 Å². The van der Waals surface area contributed by atoms with E-state index in [1.54, 1.807) is 0 Å². The highest BCUT2D eigenvalue weighted by Gasteiger charge is 2.30. The van der Waals surface area contributed by atoms with Gasteiger partial charge in [-0.05, 0) is 38.3 Å². The van der Waals surface area contributed by atoms with E-state index in [-0.39, 0.29) is 24.0 Å². The highest BCUT2D eigenvalue weighted by atomic mass is 16.5. The Balaban J connectivity index is 1.98. The summed E-state index contributed by atoms with van der Waals surface area (Å²) in [4.78, 5) is 12.2. The molecule has 1 fully saturated rings. The fourth-order valence-electron chi connectivity index (χ4n) is 2.51. The van der Waals surface area contributed by atoms with Crippen molar-refractivity contribution in [1.82, 2.24) is 0 Å². The molecule has 1 aromatic rings. The van der Waals surface area contributed by atoms with Crippen LogP contribution in [-0.2, 0) is 4.79 Å². The fraction of sp³-hybridized carbons (Fsp3) is 0.562. The third kappa shape index (κ3) is 3.73. The topological polar surface area (TPSA) is 64.3 Å². The van der Waals surface area contributed by atoms with Gasteiger partial charge in [0.25, 0.3) is 0 Å². The molecule has 0 bridgehead atoms. The minimum Gasteiger partial charge on any atom is -0.491 e. The Morgan fingerprint density at radius 1 is 1.50 bits per heavy atom. The Hall–Kier alpha value is -1.55. The van der Waals surface area contributed by atoms with Gasteiger partial charge in [0.15, 0.2) is 0 Å². The number of carbonyl (C=O) groups excluding carboxylic acids is 1. The van der Waals surface area contributed by atoms with Crippen molar-refractivity contribution in [3.8, 4) is 5.75 Å². The normalized spacial score (nSPS) is 23.4. The zero-order chi connectivity index (χ0) is 14.5. The van der Waals surface area contributed by atoms with Crippen LogP contribution >= 0.6 is 0 Å². The van der Waals surface area contributed by atoms with Crippen molar-refractivity contribution in [3.63, 3.8) is 0 Å². The second-order valence-corrected chi connectivity index (χ2v) is 5.56. The largest absolute Gasteiger partial charge is 0.491 e. The number of nitrogens with two attached hydrogens (primary N) is 1. The molecule has 4 heteroatoms. The molecule has 0 heterocycles. The van der Waals surface area contributed by atoms with Crippen molar-refractivity contribution in [2.75, 3.05) is 5.32 Å². The molecular weight excluding hydrogens is 252 g/mol. The van der Waals surface area contributed by atoms with Gasteiger partial charge in [0.2, 0.25) is 5.91 Å². The fourth-order valence-corrected chi connectivity index (χ4v) is 2.51. The standard InChI is InChI=1S/C16H24N2O2/c1-3-11(2)20-13-7-4-6-12(10-13)18-16(19)14-8-5-9-15(14)17/h4,6-7,10-11,14-15H,3,5,8-9,17H2,1-2H3,(H,18,19). The summed E-state index contributed by atoms with van der Waals surface area (Å²) in [5.41, 5.74) is 6.73. The molecule has 0 aromatic heterocycles. The van der Waals surface area contributed by atoms with E-state index >= 15 is 0 Å². The van der Waals surface area contributed by atoms with Crippen LogP contribution in [0, 0.1) is 5.92 Å². The number of nitrogens with one attached hydrogen (secondary N) is 1. The van der Waals surface area contributed by atoms with Gasteiger partial charge in [-0.2, -0.15) is 0 Å². The molecule has 20 heavy (non-hydrogen) atoms. The maximum atomic E-state index is 12.2. The summed E-state index contributed by atoms with van der Waals surface area (Å²) >= 11 is 0. The van der Waals surface area contributed by atoms with E-state index in [1.165, 1.54) is 0 Å². The van der Waals surface area contributed by atoms with E-state index in [2.05, 4.69) is 12.2 Å². The van der Waals surface area contributed by atoms with Crippen molar-refractivity contribution in [3.05, 3.63) is 24.3 Å². The molecule has 3 atom stereocenters. The third-order valence-electron chi connectivity index (χ3n) is 3.92. The minimum absolute atomic E-state index is 0.00505. The Kier molecular flexibility index (Phi) is 5.01. The Morgan fingerprint density at radius 3 is 2.95 bits per heavy atom. The number of carbonyl (C=O) groups is 1. The Labute approximate surface area is 120 Å². The lowest BCUT2D eigenvalue weighted by Crippen LogP contribution is -2.34. The molecule has 0 radical (unpaired) electrons. The van der Waals surface area contributed by atoms with Gasteiger partial charge in [-0.25, -0.2) is 0 Å². The predicted octanol–water partition coefficient (Wildman–Crippen LogP) is 2.93. The summed E-state index contributed by atoms with van der Waals surface area (Å²) in [6, 6.07) is 7.53. The molecule has 1 amide bonds. The van der Waals surface area contributed by atoms with Gasteiger partial charge in [0.1, 0.15) is 5.75 Å². The molecule has 1 aliphatic carbocycles. The first-order chi connectivity index (χ1) is 9.60. The molecule has 3 N–H and O–H groups in total. The lowest BCUT2D eigenvalue weighted by atomic mass is 10.0. The quantitative estimate of drug-likeness (QED) is 0.869. The van der Waals surface area contributed by atoms with Gasteiger partial charge in [0, 0.05) is 17.8 Å². The van der Waals surface area contributed by atoms with Crippen LogP contribution in [-0.4, -0.2) is 18.1 Å². The molecular formula is C16H24N2O2. The maximum Gasteiger partial charge on any atom is 0.229 e. The van der Waals surface area contributed by atoms with E-state index in [4.69, 9.17) is 10.5 Å². The average molecular weight is 276 g/mol. The summed E-state index contributed by atoms with van der Waals surface area (Å²) in [6.07, 6.45) is 3.99. The number of hydrogen-bond acceptors (Lipinski definition) is 3. The van der Waals surface area contributed by atoms with Crippen LogP contribution < -0.4 is 15.8 Å². The van der Waals surface area contributed by atoms with Gasteiger partial charge in [-0.1, -0.05) is 19.4 Å². The van der Waals surface area contributed by atoms with Gasteiger partial charge in [0.05, 0.1) is 12.0 Å². The van der Waals surface area contributed by atoms with Crippen LogP contribution in [0.1, 0.15) is 39.5 Å². The first-order valence-corrected chi connectivity index (χ1v) is 7.43. The highest BCUT2D eigenvalue weighted by molar-refractivity contribution is 5.93. The lowest BCUT2D eigenvalue weighted by Gasteiger charge is -2.16. The van der Waals surface area contributed by atoms with Crippen LogP contribution in [0.25, 0.3) is 0 Å². The zero-order valence-corrected chi connectivity index (χ0v) is 12.3. The molecule has 3 unspecified atom stereocenters. The van der Waals surface area contributed by atoms with Gasteiger partial charge >= 0.3 is 0 Å². The average Bonchev–Trinajstić information content (AvgIpc) is 2.85. The number of anilines is 1. The summed E-state index contributed by atoms with van der Waals surface area (Å²) in [6.45, 7) is 4.11. The van der Waals surface area contributed by atoms with Gasteiger partial charge in [-0.3, -0.25) is 4.79 Å². The molecule has 0 saturated heterocycles. The lowest BCUT2D eigenvalue weighted by molar-refractivity contribution is -0.120. The number of ether oxygens (including phenoxy) is 1. The van der Waals surface area contributed by atoms with Crippen molar-refractivity contribution in [2.45, 2.75) is 51.7 Å². The molecule has 0 spiro atoms. The van der Waals surface area contributed by atoms with Crippen LogP contribution in [0.5, 0.6) is 5.75 Å².